The Morgan fingerprint density at radius 3 is 3.16 bits per heavy atom. The van der Waals surface area contributed by atoms with Crippen LogP contribution < -0.4 is 0 Å². The lowest BCUT2D eigenvalue weighted by Gasteiger charge is -2.22. The summed E-state index contributed by atoms with van der Waals surface area (Å²) in [5.41, 5.74) is 2.85. The van der Waals surface area contributed by atoms with Gasteiger partial charge in [-0.2, -0.15) is 0 Å². The number of carbonyl (C=O) groups excluding carboxylic acids is 1. The number of pyridine rings is 1. The molecule has 0 aromatic carbocycles. The minimum atomic E-state index is -0.265. The fraction of sp³-hybridized carbons (Fsp3) is 0.278. The van der Waals surface area contributed by atoms with E-state index >= 15 is 0 Å². The Balaban J connectivity index is 1.33. The molecular formula is C18H16N2O3S2. The quantitative estimate of drug-likeness (QED) is 0.633. The molecule has 1 aliphatic heterocycles. The molecule has 1 atom stereocenters. The molecule has 7 heteroatoms. The van der Waals surface area contributed by atoms with Gasteiger partial charge in [-0.3, -0.25) is 9.78 Å². The summed E-state index contributed by atoms with van der Waals surface area (Å²) in [4.78, 5) is 22.1. The lowest BCUT2D eigenvalue weighted by Crippen LogP contribution is -2.18. The number of fused-ring (bicyclic) bond motifs is 1. The average Bonchev–Trinajstić information content (AvgIpc) is 3.31. The third-order valence-electron chi connectivity index (χ3n) is 3.93. The molecule has 1 aliphatic rings. The zero-order chi connectivity index (χ0) is 17.1. The zero-order valence-electron chi connectivity index (χ0n) is 13.4. The fourth-order valence-corrected chi connectivity index (χ4v) is 4.50. The number of ether oxygens (including phenoxy) is 2. The lowest BCUT2D eigenvalue weighted by molar-refractivity contribution is -0.148. The van der Waals surface area contributed by atoms with Crippen molar-refractivity contribution < 1.29 is 14.3 Å². The number of rotatable bonds is 5. The van der Waals surface area contributed by atoms with E-state index in [2.05, 4.69) is 16.0 Å². The Kier molecular flexibility index (Phi) is 4.87. The number of aromatic nitrogens is 2. The molecule has 0 aliphatic carbocycles. The van der Waals surface area contributed by atoms with Gasteiger partial charge in [0.05, 0.1) is 24.4 Å². The van der Waals surface area contributed by atoms with Gasteiger partial charge in [-0.05, 0) is 35.6 Å². The van der Waals surface area contributed by atoms with Gasteiger partial charge in [-0.15, -0.1) is 22.7 Å². The molecule has 0 radical (unpaired) electrons. The van der Waals surface area contributed by atoms with Gasteiger partial charge in [-0.25, -0.2) is 4.98 Å². The van der Waals surface area contributed by atoms with E-state index in [1.165, 1.54) is 16.9 Å². The van der Waals surface area contributed by atoms with Gasteiger partial charge in [0.25, 0.3) is 0 Å². The van der Waals surface area contributed by atoms with Crippen LogP contribution >= 0.6 is 22.7 Å². The minimum Gasteiger partial charge on any atom is -0.459 e. The molecule has 0 saturated heterocycles. The molecule has 5 nitrogen and oxygen atoms in total. The summed E-state index contributed by atoms with van der Waals surface area (Å²) in [6.07, 6.45) is 2.71. The number of hydrogen-bond donors (Lipinski definition) is 0. The molecule has 4 heterocycles. The smallest absolute Gasteiger partial charge is 0.309 e. The molecule has 3 aromatic heterocycles. The highest BCUT2D eigenvalue weighted by atomic mass is 32.1. The summed E-state index contributed by atoms with van der Waals surface area (Å²) in [7, 11) is 0. The maximum atomic E-state index is 12.2. The highest BCUT2D eigenvalue weighted by Crippen LogP contribution is 2.34. The highest BCUT2D eigenvalue weighted by Gasteiger charge is 2.25. The van der Waals surface area contributed by atoms with Gasteiger partial charge in [0.1, 0.15) is 17.7 Å². The first-order valence-electron chi connectivity index (χ1n) is 7.99. The van der Waals surface area contributed by atoms with Gasteiger partial charge in [0, 0.05) is 16.5 Å². The first-order valence-corrected chi connectivity index (χ1v) is 9.75. The lowest BCUT2D eigenvalue weighted by atomic mass is 10.1. The Labute approximate surface area is 153 Å². The summed E-state index contributed by atoms with van der Waals surface area (Å²) in [6, 6.07) is 7.81. The standard InChI is InChI=1S/C18H16N2O3S2/c21-16(9-15-17-12(4-7-22-15)5-8-24-17)23-10-13-11-25-18(20-13)14-3-1-2-6-19-14/h1-3,5-6,8,11,15H,4,7,9-10H2. The average molecular weight is 372 g/mol. The number of nitrogens with zero attached hydrogens (tertiary/aromatic N) is 2. The van der Waals surface area contributed by atoms with Crippen LogP contribution in [0.2, 0.25) is 0 Å². The normalized spacial score (nSPS) is 16.4. The molecule has 0 fully saturated rings. The topological polar surface area (TPSA) is 61.3 Å². The summed E-state index contributed by atoms with van der Waals surface area (Å²) in [6.45, 7) is 0.827. The SMILES string of the molecule is O=C(CC1OCCc2ccsc21)OCc1csc(-c2ccccn2)n1. The number of carbonyl (C=O) groups is 1. The Morgan fingerprint density at radius 2 is 2.28 bits per heavy atom. The van der Waals surface area contributed by atoms with Crippen molar-refractivity contribution >= 4 is 28.6 Å². The first-order chi connectivity index (χ1) is 12.3. The van der Waals surface area contributed by atoms with Crippen molar-refractivity contribution in [3.63, 3.8) is 0 Å². The molecular weight excluding hydrogens is 356 g/mol. The van der Waals surface area contributed by atoms with Gasteiger partial charge in [0.2, 0.25) is 0 Å². The van der Waals surface area contributed by atoms with E-state index < -0.39 is 0 Å². The van der Waals surface area contributed by atoms with E-state index in [4.69, 9.17) is 9.47 Å². The molecule has 3 aromatic rings. The van der Waals surface area contributed by atoms with E-state index in [0.29, 0.717) is 6.61 Å². The van der Waals surface area contributed by atoms with Crippen LogP contribution in [0.15, 0.2) is 41.2 Å². The molecule has 25 heavy (non-hydrogen) atoms. The van der Waals surface area contributed by atoms with Crippen LogP contribution in [0, 0.1) is 0 Å². The second-order valence-electron chi connectivity index (χ2n) is 5.64. The molecule has 0 amide bonds. The van der Waals surface area contributed by atoms with E-state index in [9.17, 15) is 4.79 Å². The van der Waals surface area contributed by atoms with Crippen molar-refractivity contribution in [1.29, 1.82) is 0 Å². The largest absolute Gasteiger partial charge is 0.459 e. The summed E-state index contributed by atoms with van der Waals surface area (Å²) in [5, 5.41) is 4.77. The van der Waals surface area contributed by atoms with Crippen LogP contribution in [0.1, 0.15) is 28.7 Å². The van der Waals surface area contributed by atoms with E-state index in [1.54, 1.807) is 17.5 Å². The Morgan fingerprint density at radius 1 is 1.32 bits per heavy atom. The van der Waals surface area contributed by atoms with E-state index in [0.717, 1.165) is 27.7 Å². The Hall–Kier alpha value is -2.09. The Bertz CT molecular complexity index is 860. The predicted molar refractivity (Wildman–Crippen MR) is 96.5 cm³/mol. The monoisotopic (exact) mass is 372 g/mol. The number of hydrogen-bond acceptors (Lipinski definition) is 7. The van der Waals surface area contributed by atoms with Crippen LogP contribution in [0.5, 0.6) is 0 Å². The van der Waals surface area contributed by atoms with Crippen molar-refractivity contribution in [3.05, 3.63) is 57.4 Å². The minimum absolute atomic E-state index is 0.173. The fourth-order valence-electron chi connectivity index (χ4n) is 2.72. The molecule has 0 bridgehead atoms. The van der Waals surface area contributed by atoms with Gasteiger partial charge < -0.3 is 9.47 Å². The van der Waals surface area contributed by atoms with Crippen LogP contribution in [-0.2, 0) is 27.3 Å². The van der Waals surface area contributed by atoms with Gasteiger partial charge in [-0.1, -0.05) is 6.07 Å². The van der Waals surface area contributed by atoms with Crippen molar-refractivity contribution in [2.24, 2.45) is 0 Å². The van der Waals surface area contributed by atoms with Gasteiger partial charge in [0.15, 0.2) is 0 Å². The maximum Gasteiger partial charge on any atom is 0.309 e. The second-order valence-corrected chi connectivity index (χ2v) is 7.45. The highest BCUT2D eigenvalue weighted by molar-refractivity contribution is 7.13. The van der Waals surface area contributed by atoms with Crippen molar-refractivity contribution in [2.45, 2.75) is 25.6 Å². The summed E-state index contributed by atoms with van der Waals surface area (Å²) in [5.74, 6) is -0.265. The van der Waals surface area contributed by atoms with Crippen molar-refractivity contribution in [3.8, 4) is 10.7 Å². The molecule has 0 spiro atoms. The molecule has 1 unspecified atom stereocenters. The molecule has 0 N–H and O–H groups in total. The number of thiazole rings is 1. The number of thiophene rings is 1. The third kappa shape index (κ3) is 3.78. The third-order valence-corrected chi connectivity index (χ3v) is 5.90. The maximum absolute atomic E-state index is 12.2. The van der Waals surface area contributed by atoms with E-state index in [1.807, 2.05) is 29.0 Å². The van der Waals surface area contributed by atoms with Crippen LogP contribution in [0.3, 0.4) is 0 Å². The predicted octanol–water partition coefficient (Wildman–Crippen LogP) is 4.01. The summed E-state index contributed by atoms with van der Waals surface area (Å²) >= 11 is 3.13. The summed E-state index contributed by atoms with van der Waals surface area (Å²) < 4.78 is 11.1. The first kappa shape index (κ1) is 16.4. The van der Waals surface area contributed by atoms with Crippen molar-refractivity contribution in [1.82, 2.24) is 9.97 Å². The van der Waals surface area contributed by atoms with Crippen LogP contribution in [0.4, 0.5) is 0 Å². The molecule has 128 valence electrons. The number of esters is 1. The van der Waals surface area contributed by atoms with Gasteiger partial charge >= 0.3 is 5.97 Å². The zero-order valence-corrected chi connectivity index (χ0v) is 15.0. The van der Waals surface area contributed by atoms with Crippen LogP contribution in [0.25, 0.3) is 10.7 Å². The molecule has 4 rings (SSSR count). The van der Waals surface area contributed by atoms with Crippen molar-refractivity contribution in [2.75, 3.05) is 6.61 Å². The second kappa shape index (κ2) is 7.43. The van der Waals surface area contributed by atoms with Crippen LogP contribution in [-0.4, -0.2) is 22.5 Å². The molecule has 0 saturated carbocycles. The van der Waals surface area contributed by atoms with E-state index in [-0.39, 0.29) is 25.1 Å².